The highest BCUT2D eigenvalue weighted by molar-refractivity contribution is 6.30. The molecule has 2 atom stereocenters. The summed E-state index contributed by atoms with van der Waals surface area (Å²) in [4.78, 5) is 15.0. The average Bonchev–Trinajstić information content (AvgIpc) is 3.07. The molecule has 1 aromatic carbocycles. The van der Waals surface area contributed by atoms with Crippen LogP contribution < -0.4 is 0 Å². The van der Waals surface area contributed by atoms with Crippen LogP contribution >= 0.6 is 11.6 Å². The number of hydrogen-bond acceptors (Lipinski definition) is 4. The van der Waals surface area contributed by atoms with Gasteiger partial charge in [-0.1, -0.05) is 28.9 Å². The van der Waals surface area contributed by atoms with E-state index in [0.29, 0.717) is 29.6 Å². The number of carbonyl (C=O) groups is 1. The van der Waals surface area contributed by atoms with Gasteiger partial charge >= 0.3 is 5.97 Å². The van der Waals surface area contributed by atoms with E-state index in [4.69, 9.17) is 21.2 Å². The van der Waals surface area contributed by atoms with Crippen molar-refractivity contribution in [1.82, 2.24) is 10.1 Å². The molecule has 1 heterocycles. The van der Waals surface area contributed by atoms with Crippen molar-refractivity contribution in [1.29, 1.82) is 0 Å². The van der Waals surface area contributed by atoms with Crippen LogP contribution in [0, 0.1) is 5.92 Å². The Morgan fingerprint density at radius 2 is 2.16 bits per heavy atom. The highest BCUT2D eigenvalue weighted by atomic mass is 35.5. The molecule has 2 unspecified atom stereocenters. The van der Waals surface area contributed by atoms with Crippen molar-refractivity contribution in [3.8, 4) is 0 Å². The van der Waals surface area contributed by atoms with Crippen molar-refractivity contribution < 1.29 is 14.4 Å². The van der Waals surface area contributed by atoms with Gasteiger partial charge in [0.2, 0.25) is 5.89 Å². The molecule has 6 heteroatoms. The van der Waals surface area contributed by atoms with E-state index in [1.54, 1.807) is 12.1 Å². The number of aliphatic carboxylic acids is 1. The molecule has 98 valence electrons. The van der Waals surface area contributed by atoms with E-state index in [1.807, 2.05) is 12.1 Å². The van der Waals surface area contributed by atoms with Crippen LogP contribution in [-0.2, 0) is 11.2 Å². The van der Waals surface area contributed by atoms with Crippen molar-refractivity contribution in [2.45, 2.75) is 18.8 Å². The molecule has 2 aromatic rings. The van der Waals surface area contributed by atoms with Gasteiger partial charge in [-0.15, -0.1) is 0 Å². The number of nitrogens with zero attached hydrogens (tertiary/aromatic N) is 2. The van der Waals surface area contributed by atoms with Gasteiger partial charge in [0.05, 0.1) is 11.8 Å². The lowest BCUT2D eigenvalue weighted by Crippen LogP contribution is -1.99. The molecule has 0 aliphatic heterocycles. The minimum absolute atomic E-state index is 0.121. The van der Waals surface area contributed by atoms with Gasteiger partial charge in [0.1, 0.15) is 0 Å². The van der Waals surface area contributed by atoms with Gasteiger partial charge in [-0.2, -0.15) is 4.98 Å². The van der Waals surface area contributed by atoms with Crippen molar-refractivity contribution in [2.24, 2.45) is 5.92 Å². The predicted molar refractivity (Wildman–Crippen MR) is 67.0 cm³/mol. The SMILES string of the molecule is O=C(O)C1CC1c1nc(Cc2ccc(Cl)cc2)no1. The van der Waals surface area contributed by atoms with E-state index in [2.05, 4.69) is 10.1 Å². The van der Waals surface area contributed by atoms with Gasteiger partial charge in [-0.05, 0) is 24.1 Å². The van der Waals surface area contributed by atoms with Crippen LogP contribution in [0.15, 0.2) is 28.8 Å². The summed E-state index contributed by atoms with van der Waals surface area (Å²) in [5, 5.41) is 13.4. The fourth-order valence-electron chi connectivity index (χ4n) is 2.02. The van der Waals surface area contributed by atoms with Crippen LogP contribution in [0.1, 0.15) is 29.6 Å². The molecule has 0 bridgehead atoms. The minimum Gasteiger partial charge on any atom is -0.481 e. The summed E-state index contributed by atoms with van der Waals surface area (Å²) in [6.45, 7) is 0. The van der Waals surface area contributed by atoms with Gasteiger partial charge in [0, 0.05) is 11.4 Å². The first-order valence-corrected chi connectivity index (χ1v) is 6.31. The first-order valence-electron chi connectivity index (χ1n) is 5.93. The van der Waals surface area contributed by atoms with E-state index >= 15 is 0 Å². The summed E-state index contributed by atoms with van der Waals surface area (Å²) in [5.41, 5.74) is 1.03. The molecule has 1 aromatic heterocycles. The molecular weight excluding hydrogens is 268 g/mol. The summed E-state index contributed by atoms with van der Waals surface area (Å²) in [6, 6.07) is 7.41. The summed E-state index contributed by atoms with van der Waals surface area (Å²) in [5.74, 6) is -0.306. The average molecular weight is 279 g/mol. The zero-order chi connectivity index (χ0) is 13.4. The number of hydrogen-bond donors (Lipinski definition) is 1. The third-order valence-corrected chi connectivity index (χ3v) is 3.44. The lowest BCUT2D eigenvalue weighted by Gasteiger charge is -1.96. The number of rotatable bonds is 4. The Hall–Kier alpha value is -1.88. The van der Waals surface area contributed by atoms with E-state index < -0.39 is 5.97 Å². The maximum absolute atomic E-state index is 10.8. The Labute approximate surface area is 114 Å². The molecule has 0 spiro atoms. The molecule has 5 nitrogen and oxygen atoms in total. The fraction of sp³-hybridized carbons (Fsp3) is 0.308. The van der Waals surface area contributed by atoms with Crippen LogP contribution in [0.25, 0.3) is 0 Å². The normalized spacial score (nSPS) is 21.3. The van der Waals surface area contributed by atoms with Crippen LogP contribution in [0.3, 0.4) is 0 Å². The molecule has 19 heavy (non-hydrogen) atoms. The maximum Gasteiger partial charge on any atom is 0.307 e. The van der Waals surface area contributed by atoms with Crippen LogP contribution in [-0.4, -0.2) is 21.2 Å². The van der Waals surface area contributed by atoms with Gasteiger partial charge < -0.3 is 9.63 Å². The summed E-state index contributed by atoms with van der Waals surface area (Å²) >= 11 is 5.81. The standard InChI is InChI=1S/C13H11ClN2O3/c14-8-3-1-7(2-4-8)5-11-15-12(19-16-11)9-6-10(9)13(17)18/h1-4,9-10H,5-6H2,(H,17,18). The summed E-state index contributed by atoms with van der Waals surface area (Å²) < 4.78 is 5.11. The van der Waals surface area contributed by atoms with Crippen LogP contribution in [0.5, 0.6) is 0 Å². The molecule has 0 amide bonds. The highest BCUT2D eigenvalue weighted by Crippen LogP contribution is 2.46. The highest BCUT2D eigenvalue weighted by Gasteiger charge is 2.48. The second-order valence-electron chi connectivity index (χ2n) is 4.64. The van der Waals surface area contributed by atoms with Gasteiger partial charge in [-0.25, -0.2) is 0 Å². The smallest absolute Gasteiger partial charge is 0.307 e. The molecule has 1 saturated carbocycles. The van der Waals surface area contributed by atoms with Crippen molar-refractivity contribution in [3.63, 3.8) is 0 Å². The molecule has 3 rings (SSSR count). The summed E-state index contributed by atoms with van der Waals surface area (Å²) in [6.07, 6.45) is 1.13. The quantitative estimate of drug-likeness (QED) is 0.930. The topological polar surface area (TPSA) is 76.2 Å². The molecule has 1 aliphatic carbocycles. The predicted octanol–water partition coefficient (Wildman–Crippen LogP) is 2.50. The molecule has 0 saturated heterocycles. The van der Waals surface area contributed by atoms with E-state index in [1.165, 1.54) is 0 Å². The molecule has 0 radical (unpaired) electrons. The minimum atomic E-state index is -0.803. The van der Waals surface area contributed by atoms with E-state index in [0.717, 1.165) is 5.56 Å². The molecule has 1 aliphatic rings. The van der Waals surface area contributed by atoms with E-state index in [-0.39, 0.29) is 11.8 Å². The zero-order valence-electron chi connectivity index (χ0n) is 9.91. The Morgan fingerprint density at radius 3 is 2.79 bits per heavy atom. The Bertz CT molecular complexity index is 609. The third kappa shape index (κ3) is 2.61. The number of carboxylic acid groups (broad SMARTS) is 1. The van der Waals surface area contributed by atoms with Crippen molar-refractivity contribution in [2.75, 3.05) is 0 Å². The zero-order valence-corrected chi connectivity index (χ0v) is 10.7. The lowest BCUT2D eigenvalue weighted by atomic mass is 10.1. The number of aromatic nitrogens is 2. The first kappa shape index (κ1) is 12.2. The molecule has 1 fully saturated rings. The van der Waals surface area contributed by atoms with Gasteiger partial charge in [-0.3, -0.25) is 4.79 Å². The second kappa shape index (κ2) is 4.66. The lowest BCUT2D eigenvalue weighted by molar-refractivity contribution is -0.138. The largest absolute Gasteiger partial charge is 0.481 e. The van der Waals surface area contributed by atoms with Gasteiger partial charge in [0.15, 0.2) is 5.82 Å². The van der Waals surface area contributed by atoms with Crippen molar-refractivity contribution in [3.05, 3.63) is 46.6 Å². The van der Waals surface area contributed by atoms with Crippen LogP contribution in [0.2, 0.25) is 5.02 Å². The molecule has 1 N–H and O–H groups in total. The first-order chi connectivity index (χ1) is 9.13. The Morgan fingerprint density at radius 1 is 1.42 bits per heavy atom. The van der Waals surface area contributed by atoms with Gasteiger partial charge in [0.25, 0.3) is 0 Å². The number of carboxylic acids is 1. The number of benzene rings is 1. The fourth-order valence-corrected chi connectivity index (χ4v) is 2.14. The van der Waals surface area contributed by atoms with Crippen molar-refractivity contribution >= 4 is 17.6 Å². The Kier molecular flexibility index (Phi) is 2.98. The van der Waals surface area contributed by atoms with Crippen LogP contribution in [0.4, 0.5) is 0 Å². The second-order valence-corrected chi connectivity index (χ2v) is 5.08. The maximum atomic E-state index is 10.8. The monoisotopic (exact) mass is 278 g/mol. The van der Waals surface area contributed by atoms with E-state index in [9.17, 15) is 4.79 Å². The molecular formula is C13H11ClN2O3. The third-order valence-electron chi connectivity index (χ3n) is 3.18. The Balaban J connectivity index is 1.69. The summed E-state index contributed by atoms with van der Waals surface area (Å²) in [7, 11) is 0. The number of halogens is 1.